The van der Waals surface area contributed by atoms with Crippen molar-refractivity contribution in [2.75, 3.05) is 11.4 Å². The van der Waals surface area contributed by atoms with Gasteiger partial charge >= 0.3 is 0 Å². The van der Waals surface area contributed by atoms with E-state index in [2.05, 4.69) is 5.32 Å². The van der Waals surface area contributed by atoms with Gasteiger partial charge in [-0.15, -0.1) is 0 Å². The van der Waals surface area contributed by atoms with E-state index in [1.807, 2.05) is 45.0 Å². The van der Waals surface area contributed by atoms with Crippen LogP contribution >= 0.6 is 12.2 Å². The zero-order valence-corrected chi connectivity index (χ0v) is 12.2. The number of hydrogen-bond acceptors (Lipinski definition) is 3. The minimum atomic E-state index is -0.0710. The van der Waals surface area contributed by atoms with Gasteiger partial charge in [-0.2, -0.15) is 0 Å². The predicted molar refractivity (Wildman–Crippen MR) is 79.5 cm³/mol. The first-order chi connectivity index (χ1) is 8.99. The maximum atomic E-state index is 12.2. The van der Waals surface area contributed by atoms with E-state index in [1.54, 1.807) is 4.90 Å². The number of anilines is 1. The van der Waals surface area contributed by atoms with E-state index in [9.17, 15) is 4.79 Å². The van der Waals surface area contributed by atoms with Gasteiger partial charge in [0.05, 0.1) is 17.7 Å². The smallest absolute Gasteiger partial charge is 0.237 e. The zero-order valence-electron chi connectivity index (χ0n) is 11.3. The maximum absolute atomic E-state index is 12.2. The van der Waals surface area contributed by atoms with Gasteiger partial charge in [0.15, 0.2) is 5.11 Å². The third-order valence-electron chi connectivity index (χ3n) is 2.87. The Bertz CT molecular complexity index is 485. The van der Waals surface area contributed by atoms with Crippen molar-refractivity contribution < 1.29 is 9.53 Å². The molecule has 1 amide bonds. The number of thiocarbonyl (C=S) groups is 1. The molecular formula is C14H18N2O2S. The van der Waals surface area contributed by atoms with E-state index < -0.39 is 0 Å². The van der Waals surface area contributed by atoms with E-state index in [-0.39, 0.29) is 17.9 Å². The minimum Gasteiger partial charge on any atom is -0.491 e. The van der Waals surface area contributed by atoms with E-state index in [0.29, 0.717) is 11.7 Å². The maximum Gasteiger partial charge on any atom is 0.237 e. The molecule has 0 aromatic heterocycles. The van der Waals surface area contributed by atoms with Gasteiger partial charge in [0.25, 0.3) is 0 Å². The molecule has 1 fully saturated rings. The molecule has 19 heavy (non-hydrogen) atoms. The number of nitrogens with zero attached hydrogens (tertiary/aromatic N) is 1. The summed E-state index contributed by atoms with van der Waals surface area (Å²) in [7, 11) is 0. The normalized spacial score (nSPS) is 19.6. The summed E-state index contributed by atoms with van der Waals surface area (Å²) in [6.45, 7) is 6.44. The Morgan fingerprint density at radius 3 is 2.58 bits per heavy atom. The molecule has 102 valence electrons. The Morgan fingerprint density at radius 2 is 2.00 bits per heavy atom. The van der Waals surface area contributed by atoms with Gasteiger partial charge in [-0.1, -0.05) is 6.92 Å². The molecule has 0 radical (unpaired) electrons. The number of benzene rings is 1. The molecule has 1 aromatic carbocycles. The van der Waals surface area contributed by atoms with Gasteiger partial charge < -0.3 is 10.1 Å². The number of carbonyl (C=O) groups excluding carboxylic acids is 1. The third kappa shape index (κ3) is 3.04. The largest absolute Gasteiger partial charge is 0.491 e. The summed E-state index contributed by atoms with van der Waals surface area (Å²) in [5.74, 6) is 0.745. The van der Waals surface area contributed by atoms with Gasteiger partial charge in [0.1, 0.15) is 5.75 Å². The Morgan fingerprint density at radius 1 is 1.37 bits per heavy atom. The molecule has 2 rings (SSSR count). The summed E-state index contributed by atoms with van der Waals surface area (Å²) in [6, 6.07) is 7.40. The van der Waals surface area contributed by atoms with Gasteiger partial charge in [-0.3, -0.25) is 9.69 Å². The predicted octanol–water partition coefficient (Wildman–Crippen LogP) is 2.33. The first-order valence-corrected chi connectivity index (χ1v) is 6.78. The molecule has 0 saturated carbocycles. The van der Waals surface area contributed by atoms with Crippen LogP contribution in [0.3, 0.4) is 0 Å². The second-order valence-electron chi connectivity index (χ2n) is 4.92. The first kappa shape index (κ1) is 13.8. The molecule has 0 spiro atoms. The second kappa shape index (κ2) is 5.57. The molecule has 0 aliphatic carbocycles. The molecule has 1 aliphatic heterocycles. The number of carbonyl (C=O) groups is 1. The lowest BCUT2D eigenvalue weighted by Crippen LogP contribution is -2.54. The molecule has 1 N–H and O–H groups in total. The quantitative estimate of drug-likeness (QED) is 0.862. The molecule has 1 aromatic rings. The van der Waals surface area contributed by atoms with E-state index in [1.165, 1.54) is 0 Å². The standard InChI is InChI=1S/C14H18N2O2S/c1-9(2)18-12-6-4-11(5-7-12)16-13(17)10(3)8-15-14(16)19/h4-7,9-10H,8H2,1-3H3,(H,15,19)/t10-/m1/s1. The summed E-state index contributed by atoms with van der Waals surface area (Å²) < 4.78 is 5.58. The molecular weight excluding hydrogens is 260 g/mol. The second-order valence-corrected chi connectivity index (χ2v) is 5.31. The zero-order chi connectivity index (χ0) is 14.0. The number of nitrogens with one attached hydrogen (secondary N) is 1. The summed E-state index contributed by atoms with van der Waals surface area (Å²) in [4.78, 5) is 13.7. The van der Waals surface area contributed by atoms with E-state index in [4.69, 9.17) is 17.0 Å². The van der Waals surface area contributed by atoms with Crippen molar-refractivity contribution in [1.29, 1.82) is 0 Å². The lowest BCUT2D eigenvalue weighted by molar-refractivity contribution is -0.121. The summed E-state index contributed by atoms with van der Waals surface area (Å²) in [5, 5.41) is 3.52. The van der Waals surface area contributed by atoms with Crippen LogP contribution in [-0.4, -0.2) is 23.7 Å². The molecule has 1 saturated heterocycles. The average molecular weight is 278 g/mol. The van der Waals surface area contributed by atoms with E-state index >= 15 is 0 Å². The fourth-order valence-corrected chi connectivity index (χ4v) is 2.20. The molecule has 4 nitrogen and oxygen atoms in total. The van der Waals surface area contributed by atoms with Crippen LogP contribution in [-0.2, 0) is 4.79 Å². The highest BCUT2D eigenvalue weighted by Gasteiger charge is 2.29. The van der Waals surface area contributed by atoms with Crippen LogP contribution in [0, 0.1) is 5.92 Å². The van der Waals surface area contributed by atoms with E-state index in [0.717, 1.165) is 11.4 Å². The monoisotopic (exact) mass is 278 g/mol. The number of hydrogen-bond donors (Lipinski definition) is 1. The van der Waals surface area contributed by atoms with Crippen molar-refractivity contribution in [2.24, 2.45) is 5.92 Å². The van der Waals surface area contributed by atoms with Crippen molar-refractivity contribution in [3.63, 3.8) is 0 Å². The molecule has 1 atom stereocenters. The van der Waals surface area contributed by atoms with Crippen LogP contribution in [0.25, 0.3) is 0 Å². The molecule has 1 heterocycles. The van der Waals surface area contributed by atoms with Crippen LogP contribution in [0.2, 0.25) is 0 Å². The molecule has 5 heteroatoms. The summed E-state index contributed by atoms with van der Waals surface area (Å²) in [6.07, 6.45) is 0.130. The minimum absolute atomic E-state index is 0.0290. The van der Waals surface area contributed by atoms with Crippen LogP contribution in [0.5, 0.6) is 5.75 Å². The van der Waals surface area contributed by atoms with Crippen LogP contribution < -0.4 is 15.0 Å². The summed E-state index contributed by atoms with van der Waals surface area (Å²) >= 11 is 5.20. The highest BCUT2D eigenvalue weighted by atomic mass is 32.1. The van der Waals surface area contributed by atoms with Crippen LogP contribution in [0.15, 0.2) is 24.3 Å². The summed E-state index contributed by atoms with van der Waals surface area (Å²) in [5.41, 5.74) is 0.769. The number of amides is 1. The molecule has 1 aliphatic rings. The Kier molecular flexibility index (Phi) is 4.04. The lowest BCUT2D eigenvalue weighted by Gasteiger charge is -2.32. The van der Waals surface area contributed by atoms with Gasteiger partial charge in [0.2, 0.25) is 5.91 Å². The highest BCUT2D eigenvalue weighted by Crippen LogP contribution is 2.23. The Hall–Kier alpha value is -1.62. The van der Waals surface area contributed by atoms with Crippen molar-refractivity contribution in [1.82, 2.24) is 5.32 Å². The van der Waals surface area contributed by atoms with Crippen LogP contribution in [0.4, 0.5) is 5.69 Å². The van der Waals surface area contributed by atoms with Crippen molar-refractivity contribution >= 4 is 28.9 Å². The van der Waals surface area contributed by atoms with Gasteiger partial charge in [0, 0.05) is 6.54 Å². The fraction of sp³-hybridized carbons (Fsp3) is 0.429. The third-order valence-corrected chi connectivity index (χ3v) is 3.20. The lowest BCUT2D eigenvalue weighted by atomic mass is 10.1. The van der Waals surface area contributed by atoms with Crippen molar-refractivity contribution in [3.05, 3.63) is 24.3 Å². The molecule has 0 unspecified atom stereocenters. The average Bonchev–Trinajstić information content (AvgIpc) is 2.36. The first-order valence-electron chi connectivity index (χ1n) is 6.37. The van der Waals surface area contributed by atoms with Crippen LogP contribution in [0.1, 0.15) is 20.8 Å². The SMILES string of the molecule is CC(C)Oc1ccc(N2C(=O)[C@H](C)CNC2=S)cc1. The Balaban J connectivity index is 2.21. The number of ether oxygens (including phenoxy) is 1. The fourth-order valence-electron chi connectivity index (χ4n) is 1.92. The topological polar surface area (TPSA) is 41.6 Å². The van der Waals surface area contributed by atoms with Gasteiger partial charge in [-0.05, 0) is 50.3 Å². The number of rotatable bonds is 3. The molecule has 0 bridgehead atoms. The Labute approximate surface area is 118 Å². The van der Waals surface area contributed by atoms with Crippen molar-refractivity contribution in [2.45, 2.75) is 26.9 Å². The van der Waals surface area contributed by atoms with Gasteiger partial charge in [-0.25, -0.2) is 0 Å². The highest BCUT2D eigenvalue weighted by molar-refractivity contribution is 7.80. The van der Waals surface area contributed by atoms with Crippen molar-refractivity contribution in [3.8, 4) is 5.75 Å².